The van der Waals surface area contributed by atoms with Gasteiger partial charge in [0.25, 0.3) is 0 Å². The van der Waals surface area contributed by atoms with Crippen molar-refractivity contribution in [3.8, 4) is 11.5 Å². The summed E-state index contributed by atoms with van der Waals surface area (Å²) in [5.41, 5.74) is 1.35. The molecule has 2 aromatic rings. The van der Waals surface area contributed by atoms with Crippen molar-refractivity contribution >= 4 is 23.4 Å². The highest BCUT2D eigenvalue weighted by atomic mass is 16.7. The Hall–Kier alpha value is -3.85. The molecule has 7 rings (SSSR count). The van der Waals surface area contributed by atoms with Gasteiger partial charge in [-0.3, -0.25) is 14.4 Å². The molecule has 1 spiro atoms. The lowest BCUT2D eigenvalue weighted by Gasteiger charge is -2.34. The van der Waals surface area contributed by atoms with E-state index in [1.165, 1.54) is 6.42 Å². The van der Waals surface area contributed by atoms with Gasteiger partial charge in [-0.2, -0.15) is 0 Å². The normalized spacial score (nSPS) is 30.0. The highest BCUT2D eigenvalue weighted by Gasteiger charge is 2.72. The first-order chi connectivity index (χ1) is 19.4. The van der Waals surface area contributed by atoms with Crippen molar-refractivity contribution in [1.82, 2.24) is 10.2 Å². The van der Waals surface area contributed by atoms with Gasteiger partial charge in [-0.15, -0.1) is 0 Å². The zero-order chi connectivity index (χ0) is 27.4. The minimum absolute atomic E-state index is 0.0717. The molecule has 40 heavy (non-hydrogen) atoms. The largest absolute Gasteiger partial charge is 0.454 e. The van der Waals surface area contributed by atoms with Gasteiger partial charge < -0.3 is 29.7 Å². The van der Waals surface area contributed by atoms with Crippen molar-refractivity contribution in [3.63, 3.8) is 0 Å². The Kier molecular flexibility index (Phi) is 6.07. The third-order valence-electron chi connectivity index (χ3n) is 8.99. The van der Waals surface area contributed by atoms with Crippen LogP contribution in [-0.4, -0.2) is 53.2 Å². The number of likely N-dealkylation sites (tertiary alicyclic amines) is 1. The number of aryl methyl sites for hydroxylation is 1. The lowest BCUT2D eigenvalue weighted by molar-refractivity contribution is -0.142. The molecule has 0 unspecified atom stereocenters. The van der Waals surface area contributed by atoms with Crippen molar-refractivity contribution in [1.29, 1.82) is 0 Å². The summed E-state index contributed by atoms with van der Waals surface area (Å²) in [5, 5.41) is 6.20. The number of anilines is 1. The molecule has 2 aromatic carbocycles. The smallest absolute Gasteiger partial charge is 0.246 e. The van der Waals surface area contributed by atoms with E-state index in [0.29, 0.717) is 17.2 Å². The number of benzene rings is 2. The maximum absolute atomic E-state index is 14.2. The second kappa shape index (κ2) is 9.66. The van der Waals surface area contributed by atoms with Crippen LogP contribution < -0.4 is 20.1 Å². The van der Waals surface area contributed by atoms with E-state index in [1.807, 2.05) is 61.5 Å². The summed E-state index contributed by atoms with van der Waals surface area (Å²) in [5.74, 6) is -1.05. The van der Waals surface area contributed by atoms with Crippen LogP contribution in [-0.2, 0) is 25.7 Å². The van der Waals surface area contributed by atoms with Crippen molar-refractivity contribution < 1.29 is 28.6 Å². The molecule has 4 heterocycles. The molecular weight excluding hydrogens is 510 g/mol. The number of fused-ring (bicyclic) bond motifs is 2. The first-order valence-corrected chi connectivity index (χ1v) is 14.2. The van der Waals surface area contributed by atoms with Gasteiger partial charge in [-0.25, -0.2) is 0 Å². The SMILES string of the molecule is Cc1ccc(NC(=O)[C@@H]2[C@@H]3C=C[C@]4(O3)[C@@H]2C(=O)N(Cc2ccc3c(c2)OCO3)[C@@H]4C(=O)NC2CCCCC2)cc1. The molecule has 3 amide bonds. The number of nitrogens with one attached hydrogen (secondary N) is 2. The lowest BCUT2D eigenvalue weighted by Crippen LogP contribution is -2.56. The van der Waals surface area contributed by atoms with E-state index in [1.54, 1.807) is 4.90 Å². The molecule has 5 atom stereocenters. The number of carbonyl (C=O) groups excluding carboxylic acids is 3. The first-order valence-electron chi connectivity index (χ1n) is 14.2. The van der Waals surface area contributed by atoms with Crippen LogP contribution in [0.25, 0.3) is 0 Å². The number of hydrogen-bond acceptors (Lipinski definition) is 6. The Morgan fingerprint density at radius 2 is 1.77 bits per heavy atom. The standard InChI is InChI=1S/C31H33N3O6/c1-18-7-10-21(11-8-18)32-28(35)25-23-13-14-31(40-23)26(25)30(37)34(16-19-9-12-22-24(15-19)39-17-38-22)27(31)29(36)33-20-5-3-2-4-6-20/h7-15,20,23,25-27H,2-6,16-17H2,1H3,(H,32,35)(H,33,36)/t23-,25+,26-,27+,31-/m0/s1. The molecule has 0 radical (unpaired) electrons. The average molecular weight is 544 g/mol. The molecule has 9 heteroatoms. The average Bonchev–Trinajstić information content (AvgIpc) is 3.71. The van der Waals surface area contributed by atoms with Gasteiger partial charge in [0.2, 0.25) is 24.5 Å². The zero-order valence-corrected chi connectivity index (χ0v) is 22.4. The molecule has 5 aliphatic rings. The van der Waals surface area contributed by atoms with Crippen LogP contribution in [0.1, 0.15) is 43.2 Å². The molecule has 2 N–H and O–H groups in total. The van der Waals surface area contributed by atoms with E-state index in [9.17, 15) is 14.4 Å². The second-order valence-electron chi connectivity index (χ2n) is 11.6. The highest BCUT2D eigenvalue weighted by Crippen LogP contribution is 2.55. The van der Waals surface area contributed by atoms with Gasteiger partial charge in [-0.05, 0) is 49.6 Å². The summed E-state index contributed by atoms with van der Waals surface area (Å²) < 4.78 is 17.5. The van der Waals surface area contributed by atoms with Gasteiger partial charge in [0, 0.05) is 18.3 Å². The Bertz CT molecular complexity index is 1380. The van der Waals surface area contributed by atoms with E-state index >= 15 is 0 Å². The molecule has 1 saturated carbocycles. The topological polar surface area (TPSA) is 106 Å². The van der Waals surface area contributed by atoms with Crippen LogP contribution in [0.5, 0.6) is 11.5 Å². The first kappa shape index (κ1) is 25.1. The van der Waals surface area contributed by atoms with Crippen LogP contribution in [0.15, 0.2) is 54.6 Å². The third-order valence-corrected chi connectivity index (χ3v) is 8.99. The fourth-order valence-electron chi connectivity index (χ4n) is 7.06. The number of carbonyl (C=O) groups is 3. The van der Waals surface area contributed by atoms with Gasteiger partial charge in [0.15, 0.2) is 11.5 Å². The summed E-state index contributed by atoms with van der Waals surface area (Å²) in [4.78, 5) is 43.5. The van der Waals surface area contributed by atoms with Gasteiger partial charge in [0.05, 0.1) is 17.9 Å². The maximum Gasteiger partial charge on any atom is 0.246 e. The van der Waals surface area contributed by atoms with E-state index < -0.39 is 29.6 Å². The van der Waals surface area contributed by atoms with Crippen LogP contribution in [0.3, 0.4) is 0 Å². The van der Waals surface area contributed by atoms with E-state index in [4.69, 9.17) is 14.2 Å². The van der Waals surface area contributed by atoms with Crippen LogP contribution in [0.4, 0.5) is 5.69 Å². The number of nitrogens with zero attached hydrogens (tertiary/aromatic N) is 1. The predicted octanol–water partition coefficient (Wildman–Crippen LogP) is 3.46. The third kappa shape index (κ3) is 4.06. The van der Waals surface area contributed by atoms with Crippen LogP contribution in [0.2, 0.25) is 0 Å². The minimum atomic E-state index is -1.20. The Morgan fingerprint density at radius 1 is 1.00 bits per heavy atom. The molecular formula is C31H33N3O6. The van der Waals surface area contributed by atoms with Gasteiger partial charge in [-0.1, -0.05) is 55.2 Å². The zero-order valence-electron chi connectivity index (χ0n) is 22.4. The summed E-state index contributed by atoms with van der Waals surface area (Å²) in [6.07, 6.45) is 8.28. The molecule has 4 aliphatic heterocycles. The molecule has 2 saturated heterocycles. The molecule has 3 fully saturated rings. The minimum Gasteiger partial charge on any atom is -0.454 e. The fraction of sp³-hybridized carbons (Fsp3) is 0.452. The van der Waals surface area contributed by atoms with Gasteiger partial charge in [0.1, 0.15) is 11.6 Å². The molecule has 9 nitrogen and oxygen atoms in total. The maximum atomic E-state index is 14.2. The number of hydrogen-bond donors (Lipinski definition) is 2. The summed E-state index contributed by atoms with van der Waals surface area (Å²) in [6.45, 7) is 2.32. The Labute approximate surface area is 232 Å². The number of rotatable bonds is 6. The van der Waals surface area contributed by atoms with E-state index in [2.05, 4.69) is 10.6 Å². The second-order valence-corrected chi connectivity index (χ2v) is 11.6. The van der Waals surface area contributed by atoms with Crippen molar-refractivity contribution in [2.75, 3.05) is 12.1 Å². The van der Waals surface area contributed by atoms with Crippen LogP contribution >= 0.6 is 0 Å². The van der Waals surface area contributed by atoms with Gasteiger partial charge >= 0.3 is 0 Å². The summed E-state index contributed by atoms with van der Waals surface area (Å²) in [7, 11) is 0. The fourth-order valence-corrected chi connectivity index (χ4v) is 7.06. The number of amides is 3. The Morgan fingerprint density at radius 3 is 2.58 bits per heavy atom. The molecule has 2 bridgehead atoms. The lowest BCUT2D eigenvalue weighted by atomic mass is 9.74. The monoisotopic (exact) mass is 543 g/mol. The molecule has 0 aromatic heterocycles. The summed E-state index contributed by atoms with van der Waals surface area (Å²) >= 11 is 0. The van der Waals surface area contributed by atoms with Crippen molar-refractivity contribution in [2.24, 2.45) is 11.8 Å². The molecule has 208 valence electrons. The van der Waals surface area contributed by atoms with Crippen molar-refractivity contribution in [3.05, 3.63) is 65.7 Å². The van der Waals surface area contributed by atoms with Crippen LogP contribution in [0, 0.1) is 18.8 Å². The van der Waals surface area contributed by atoms with E-state index in [0.717, 1.165) is 36.8 Å². The quantitative estimate of drug-likeness (QED) is 0.541. The number of ether oxygens (including phenoxy) is 3. The molecule has 1 aliphatic carbocycles. The Balaban J connectivity index is 1.21. The predicted molar refractivity (Wildman–Crippen MR) is 145 cm³/mol. The van der Waals surface area contributed by atoms with Crippen molar-refractivity contribution in [2.45, 2.75) is 69.4 Å². The summed E-state index contributed by atoms with van der Waals surface area (Å²) in [6, 6.07) is 12.2. The van der Waals surface area contributed by atoms with E-state index in [-0.39, 0.29) is 37.1 Å². The highest BCUT2D eigenvalue weighted by molar-refractivity contribution is 6.02.